The molecule has 59 heavy (non-hydrogen) atoms. The van der Waals surface area contributed by atoms with Gasteiger partial charge in [0, 0.05) is 54.2 Å². The first-order valence-electron chi connectivity index (χ1n) is 21.3. The highest BCUT2D eigenvalue weighted by molar-refractivity contribution is 7.22. The van der Waals surface area contributed by atoms with Gasteiger partial charge in [0.2, 0.25) is 0 Å². The third-order valence-electron chi connectivity index (χ3n) is 13.5. The van der Waals surface area contributed by atoms with E-state index in [2.05, 4.69) is 78.3 Å². The quantitative estimate of drug-likeness (QED) is 0.0749. The van der Waals surface area contributed by atoms with Crippen molar-refractivity contribution in [3.8, 4) is 11.1 Å². The highest BCUT2D eigenvalue weighted by Crippen LogP contribution is 2.72. The Balaban J connectivity index is 0.946. The summed E-state index contributed by atoms with van der Waals surface area (Å²) >= 11 is 1.58. The molecule has 5 heterocycles. The molecule has 5 aromatic rings. The van der Waals surface area contributed by atoms with Gasteiger partial charge in [-0.05, 0) is 138 Å². The molecule has 1 aliphatic heterocycles. The van der Waals surface area contributed by atoms with Gasteiger partial charge in [-0.2, -0.15) is 5.10 Å². The van der Waals surface area contributed by atoms with Crippen LogP contribution in [0.3, 0.4) is 0 Å². The van der Waals surface area contributed by atoms with Crippen molar-refractivity contribution >= 4 is 50.1 Å². The smallest absolute Gasteiger partial charge is 0.355 e. The zero-order valence-electron chi connectivity index (χ0n) is 35.0. The zero-order valence-corrected chi connectivity index (χ0v) is 35.8. The lowest BCUT2D eigenvalue weighted by atomic mass is 9.39. The number of benzene rings is 1. The summed E-state index contributed by atoms with van der Waals surface area (Å²) in [5, 5.41) is 41.6. The van der Waals surface area contributed by atoms with Gasteiger partial charge in [-0.15, -0.1) is 10.2 Å². The number of aromatic nitrogens is 6. The largest absolute Gasteiger partial charge is 0.476 e. The second-order valence-electron chi connectivity index (χ2n) is 18.9. The fourth-order valence-corrected chi connectivity index (χ4v) is 13.1. The molecule has 5 aliphatic rings. The van der Waals surface area contributed by atoms with Gasteiger partial charge in [-0.1, -0.05) is 31.3 Å². The van der Waals surface area contributed by atoms with Gasteiger partial charge >= 0.3 is 5.97 Å². The molecular formula is C45H57N9O4S. The van der Waals surface area contributed by atoms with Crippen LogP contribution in [0.4, 0.5) is 22.6 Å². The van der Waals surface area contributed by atoms with E-state index in [0.29, 0.717) is 36.2 Å². The van der Waals surface area contributed by atoms with Crippen molar-refractivity contribution in [2.45, 2.75) is 111 Å². The molecule has 4 fully saturated rings. The van der Waals surface area contributed by atoms with Gasteiger partial charge < -0.3 is 30.5 Å². The lowest BCUT2D eigenvalue weighted by Crippen LogP contribution is -2.64. The van der Waals surface area contributed by atoms with E-state index in [4.69, 9.17) is 24.9 Å². The molecule has 312 valence electrons. The zero-order chi connectivity index (χ0) is 41.2. The highest BCUT2D eigenvalue weighted by atomic mass is 32.1. The number of hydrogen-bond donors (Lipinski definition) is 4. The number of aryl methyl sites for hydroxylation is 1. The van der Waals surface area contributed by atoms with E-state index in [1.165, 1.54) is 12.0 Å². The molecule has 13 nitrogen and oxygen atoms in total. The number of nitrogens with one attached hydrogen (secondary N) is 2. The maximum Gasteiger partial charge on any atom is 0.355 e. The number of pyridine rings is 1. The summed E-state index contributed by atoms with van der Waals surface area (Å²) in [6.45, 7) is 15.2. The van der Waals surface area contributed by atoms with Gasteiger partial charge in [-0.25, -0.2) is 14.8 Å². The molecule has 1 aromatic carbocycles. The maximum atomic E-state index is 13.0. The van der Waals surface area contributed by atoms with Crippen LogP contribution in [0, 0.1) is 37.0 Å². The first kappa shape index (κ1) is 39.9. The molecule has 10 rings (SSSR count). The summed E-state index contributed by atoms with van der Waals surface area (Å²) in [7, 11) is 0. The van der Waals surface area contributed by atoms with Gasteiger partial charge in [0.1, 0.15) is 5.82 Å². The number of hydrogen-bond acceptors (Lipinski definition) is 12. The molecule has 2 atom stereocenters. The summed E-state index contributed by atoms with van der Waals surface area (Å²) in [4.78, 5) is 24.5. The van der Waals surface area contributed by atoms with E-state index in [0.717, 1.165) is 115 Å². The number of aliphatic hydroxyl groups is 1. The number of carboxylic acids is 1. The summed E-state index contributed by atoms with van der Waals surface area (Å²) < 4.78 is 10.1. The van der Waals surface area contributed by atoms with Crippen LogP contribution >= 0.6 is 11.3 Å². The molecule has 0 amide bonds. The second kappa shape index (κ2) is 15.2. The van der Waals surface area contributed by atoms with Crippen molar-refractivity contribution in [1.29, 1.82) is 0 Å². The topological polar surface area (TPSA) is 163 Å². The average Bonchev–Trinajstić information content (AvgIpc) is 3.74. The van der Waals surface area contributed by atoms with Crippen molar-refractivity contribution in [3.63, 3.8) is 0 Å². The van der Waals surface area contributed by atoms with Crippen LogP contribution in [0.2, 0.25) is 0 Å². The molecule has 4 aromatic heterocycles. The van der Waals surface area contributed by atoms with Gasteiger partial charge in [0.05, 0.1) is 28.6 Å². The SMILES string of the molecule is Cc1ccc2sc(Nc3nnc4c(c3C)CCCN4c3ccc(-c4cnn(CC56CC7(C)CC(C)(C5)CC(OCCNCCCCO)(C7)C6)c4C)c(C(=O)O)n3)nc2c1. The normalized spacial score (nSPS) is 25.8. The number of aliphatic hydroxyl groups excluding tert-OH is 1. The minimum Gasteiger partial charge on any atom is -0.476 e. The molecule has 4 aliphatic carbocycles. The van der Waals surface area contributed by atoms with Gasteiger partial charge in [0.25, 0.3) is 0 Å². The van der Waals surface area contributed by atoms with E-state index < -0.39 is 5.97 Å². The van der Waals surface area contributed by atoms with E-state index in [9.17, 15) is 9.90 Å². The van der Waals surface area contributed by atoms with Crippen LogP contribution in [0.1, 0.15) is 105 Å². The van der Waals surface area contributed by atoms with Crippen LogP contribution in [0.15, 0.2) is 36.5 Å². The fourth-order valence-electron chi connectivity index (χ4n) is 12.3. The summed E-state index contributed by atoms with van der Waals surface area (Å²) in [5.74, 6) is 0.826. The Morgan fingerprint density at radius 1 is 0.949 bits per heavy atom. The third kappa shape index (κ3) is 7.62. The number of thiazole rings is 1. The highest BCUT2D eigenvalue weighted by Gasteiger charge is 2.66. The first-order valence-corrected chi connectivity index (χ1v) is 22.1. The molecular weight excluding hydrogens is 763 g/mol. The van der Waals surface area contributed by atoms with Crippen LogP contribution in [0.5, 0.6) is 0 Å². The standard InChI is InChI=1S/C45H57N9O4S/c1-28-10-12-35-34(19-28)48-41(59-35)50-38-29(2)31-9-8-16-53(39(31)52-51-38)36-13-11-32(37(49-36)40(56)57)33-20-47-54(30(33)3)27-44-22-42(4)21-43(5,23-44)25-45(24-42,26-44)58-18-15-46-14-6-7-17-55/h10-13,19-20,46,55H,6-9,14-18,21-27H2,1-5H3,(H,56,57)(H,48,50,51). The molecule has 4 saturated carbocycles. The maximum absolute atomic E-state index is 13.0. The predicted molar refractivity (Wildman–Crippen MR) is 231 cm³/mol. The van der Waals surface area contributed by atoms with E-state index in [1.807, 2.05) is 23.2 Å². The van der Waals surface area contributed by atoms with Crippen LogP contribution in [0.25, 0.3) is 21.3 Å². The summed E-state index contributed by atoms with van der Waals surface area (Å²) in [5.41, 5.74) is 6.80. The monoisotopic (exact) mass is 819 g/mol. The number of rotatable bonds is 15. The Morgan fingerprint density at radius 2 is 1.76 bits per heavy atom. The van der Waals surface area contributed by atoms with Crippen LogP contribution < -0.4 is 15.5 Å². The Bertz CT molecular complexity index is 2390. The minimum atomic E-state index is -1.08. The van der Waals surface area contributed by atoms with Crippen LogP contribution in [-0.4, -0.2) is 84.6 Å². The number of carboxylic acid groups (broad SMARTS) is 1. The van der Waals surface area contributed by atoms with Crippen molar-refractivity contribution in [2.75, 3.05) is 43.1 Å². The molecule has 0 spiro atoms. The van der Waals surface area contributed by atoms with Gasteiger partial charge in [0.15, 0.2) is 22.5 Å². The summed E-state index contributed by atoms with van der Waals surface area (Å²) in [6.07, 6.45) is 12.0. The summed E-state index contributed by atoms with van der Waals surface area (Å²) in [6, 6.07) is 10.1. The number of unbranched alkanes of at least 4 members (excludes halogenated alkanes) is 1. The molecule has 2 unspecified atom stereocenters. The molecule has 4 bridgehead atoms. The Morgan fingerprint density at radius 3 is 2.54 bits per heavy atom. The van der Waals surface area contributed by atoms with Crippen molar-refractivity contribution in [2.24, 2.45) is 16.2 Å². The van der Waals surface area contributed by atoms with E-state index in [-0.39, 0.29) is 34.1 Å². The predicted octanol–water partition coefficient (Wildman–Crippen LogP) is 8.29. The second-order valence-corrected chi connectivity index (χ2v) is 19.9. The Hall–Kier alpha value is -4.50. The number of fused-ring (bicyclic) bond motifs is 2. The van der Waals surface area contributed by atoms with E-state index in [1.54, 1.807) is 11.3 Å². The average molecular weight is 820 g/mol. The lowest BCUT2D eigenvalue weighted by molar-refractivity contribution is -0.247. The Labute approximate surface area is 350 Å². The number of carbonyl (C=O) groups is 1. The minimum absolute atomic E-state index is 0.00142. The molecule has 0 radical (unpaired) electrons. The third-order valence-corrected chi connectivity index (χ3v) is 14.4. The van der Waals surface area contributed by atoms with Gasteiger partial charge in [-0.3, -0.25) is 4.68 Å². The van der Waals surface area contributed by atoms with Crippen molar-refractivity contribution in [1.82, 2.24) is 35.3 Å². The van der Waals surface area contributed by atoms with Crippen molar-refractivity contribution in [3.05, 3.63) is 64.6 Å². The van der Waals surface area contributed by atoms with Crippen molar-refractivity contribution < 1.29 is 19.7 Å². The molecule has 14 heteroatoms. The first-order chi connectivity index (χ1) is 28.3. The molecule has 0 saturated heterocycles. The fraction of sp³-hybridized carbons (Fsp3) is 0.556. The Kier molecular flexibility index (Phi) is 10.3. The van der Waals surface area contributed by atoms with E-state index >= 15 is 0 Å². The number of nitrogens with zero attached hydrogens (tertiary/aromatic N) is 7. The number of aromatic carboxylic acids is 1. The lowest BCUT2D eigenvalue weighted by Gasteiger charge is -2.69. The molecule has 4 N–H and O–H groups in total. The van der Waals surface area contributed by atoms with Crippen LogP contribution in [-0.2, 0) is 17.7 Å². The number of ether oxygens (including phenoxy) is 1. The number of anilines is 4.